The second kappa shape index (κ2) is 4.81. The van der Waals surface area contributed by atoms with Crippen LogP contribution in [0.15, 0.2) is 41.5 Å². The lowest BCUT2D eigenvalue weighted by molar-refractivity contribution is 0.419. The van der Waals surface area contributed by atoms with E-state index in [2.05, 4.69) is 20.0 Å². The first-order valence-corrected chi connectivity index (χ1v) is 6.35. The van der Waals surface area contributed by atoms with Crippen LogP contribution in [0, 0.1) is 0 Å². The van der Waals surface area contributed by atoms with Gasteiger partial charge in [0.1, 0.15) is 29.7 Å². The zero-order valence-electron chi connectivity index (χ0n) is 9.55. The summed E-state index contributed by atoms with van der Waals surface area (Å²) in [5.41, 5.74) is -0.463. The van der Waals surface area contributed by atoms with E-state index < -0.39 is 11.2 Å². The summed E-state index contributed by atoms with van der Waals surface area (Å²) in [6.07, 6.45) is 3.92. The molecule has 0 fully saturated rings. The van der Waals surface area contributed by atoms with E-state index in [9.17, 15) is 4.79 Å². The highest BCUT2D eigenvalue weighted by Crippen LogP contribution is 2.21. The van der Waals surface area contributed by atoms with Crippen molar-refractivity contribution in [2.75, 3.05) is 0 Å². The average molecular weight is 276 g/mol. The van der Waals surface area contributed by atoms with Crippen LogP contribution in [0.5, 0.6) is 5.75 Å². The topological polar surface area (TPSA) is 99.9 Å². The number of amidine groups is 1. The lowest BCUT2D eigenvalue weighted by Gasteiger charge is -2.12. The van der Waals surface area contributed by atoms with Crippen molar-refractivity contribution in [2.45, 2.75) is 11.8 Å². The van der Waals surface area contributed by atoms with Gasteiger partial charge in [-0.25, -0.2) is 15.0 Å². The van der Waals surface area contributed by atoms with E-state index in [-0.39, 0.29) is 6.04 Å². The van der Waals surface area contributed by atoms with E-state index >= 15 is 0 Å². The van der Waals surface area contributed by atoms with E-state index in [1.807, 2.05) is 0 Å². The second-order valence-corrected chi connectivity index (χ2v) is 4.75. The summed E-state index contributed by atoms with van der Waals surface area (Å²) < 4.78 is 5.11. The van der Waals surface area contributed by atoms with Gasteiger partial charge in [-0.15, -0.1) is 0 Å². The molecule has 0 saturated carbocycles. The van der Waals surface area contributed by atoms with Crippen molar-refractivity contribution in [1.82, 2.24) is 0 Å². The van der Waals surface area contributed by atoms with Crippen LogP contribution in [0.2, 0.25) is 0 Å². The maximum absolute atomic E-state index is 11.3. The molecular weight excluding hydrogens is 268 g/mol. The minimum absolute atomic E-state index is 0.251. The molecule has 19 heavy (non-hydrogen) atoms. The molecule has 1 aromatic rings. The maximum Gasteiger partial charge on any atom is 0.226 e. The monoisotopic (exact) mass is 276 g/mol. The molecule has 2 aliphatic rings. The van der Waals surface area contributed by atoms with Gasteiger partial charge in [0, 0.05) is 6.07 Å². The molecule has 0 saturated heterocycles. The molecule has 7 nitrogen and oxygen atoms in total. The van der Waals surface area contributed by atoms with Crippen molar-refractivity contribution in [1.29, 1.82) is 0 Å². The average Bonchev–Trinajstić information content (AvgIpc) is 2.89. The molecule has 0 radical (unpaired) electrons. The van der Waals surface area contributed by atoms with Gasteiger partial charge in [-0.3, -0.25) is 9.79 Å². The lowest BCUT2D eigenvalue weighted by atomic mass is 10.3. The summed E-state index contributed by atoms with van der Waals surface area (Å²) in [4.78, 5) is 27.6. The van der Waals surface area contributed by atoms with Crippen molar-refractivity contribution in [3.05, 3.63) is 28.3 Å². The van der Waals surface area contributed by atoms with Gasteiger partial charge in [-0.2, -0.15) is 0 Å². The van der Waals surface area contributed by atoms with Crippen LogP contribution in [0.4, 0.5) is 0 Å². The number of aliphatic imine (C=N–C) groups is 4. The molecule has 3 heterocycles. The van der Waals surface area contributed by atoms with Gasteiger partial charge in [0.25, 0.3) is 0 Å². The van der Waals surface area contributed by atoms with Crippen molar-refractivity contribution in [3.63, 3.8) is 0 Å². The quantitative estimate of drug-likeness (QED) is 0.864. The predicted octanol–water partition coefficient (Wildman–Crippen LogP) is 0.828. The Morgan fingerprint density at radius 2 is 2.26 bits per heavy atom. The fourth-order valence-electron chi connectivity index (χ4n) is 1.57. The van der Waals surface area contributed by atoms with E-state index in [0.29, 0.717) is 17.3 Å². The number of rotatable bonds is 2. The smallest absolute Gasteiger partial charge is 0.226 e. The Kier molecular flexibility index (Phi) is 3.00. The molecule has 0 bridgehead atoms. The van der Waals surface area contributed by atoms with Gasteiger partial charge in [0.15, 0.2) is 17.6 Å². The Labute approximate surface area is 111 Å². The minimum Gasteiger partial charge on any atom is -0.502 e. The summed E-state index contributed by atoms with van der Waals surface area (Å²) in [6.45, 7) is 0. The van der Waals surface area contributed by atoms with Crippen molar-refractivity contribution >= 4 is 35.3 Å². The van der Waals surface area contributed by atoms with Crippen molar-refractivity contribution < 1.29 is 9.52 Å². The van der Waals surface area contributed by atoms with E-state index in [1.165, 1.54) is 30.5 Å². The molecule has 1 aromatic heterocycles. The third-order valence-corrected chi connectivity index (χ3v) is 3.54. The Morgan fingerprint density at radius 3 is 3.11 bits per heavy atom. The molecular formula is C11H8N4O3S. The standard InChI is InChI=1S/C11H8N4O3S/c16-7-1-6(18-2-8(7)17)3-19-11-9-10(13-4-12-9)14-5-15-11/h1-2,4-5,9,17H,3H2. The normalized spacial score (nSPS) is 20.1. The number of hydrogen-bond donors (Lipinski definition) is 1. The van der Waals surface area contributed by atoms with Crippen LogP contribution in [-0.2, 0) is 5.75 Å². The summed E-state index contributed by atoms with van der Waals surface area (Å²) in [7, 11) is 0. The highest BCUT2D eigenvalue weighted by Gasteiger charge is 2.26. The summed E-state index contributed by atoms with van der Waals surface area (Å²) in [6, 6.07) is 1.01. The number of nitrogens with zero attached hydrogens (tertiary/aromatic N) is 4. The van der Waals surface area contributed by atoms with Gasteiger partial charge >= 0.3 is 0 Å². The van der Waals surface area contributed by atoms with Gasteiger partial charge in [0.2, 0.25) is 5.43 Å². The minimum atomic E-state index is -0.463. The number of aromatic hydroxyl groups is 1. The van der Waals surface area contributed by atoms with E-state index in [4.69, 9.17) is 9.52 Å². The first-order chi connectivity index (χ1) is 9.24. The number of hydrogen-bond acceptors (Lipinski definition) is 8. The van der Waals surface area contributed by atoms with Crippen molar-refractivity contribution in [2.24, 2.45) is 20.0 Å². The Bertz CT molecular complexity index is 689. The fourth-order valence-corrected chi connectivity index (χ4v) is 2.46. The molecule has 0 spiro atoms. The van der Waals surface area contributed by atoms with Gasteiger partial charge in [0.05, 0.1) is 5.75 Å². The van der Waals surface area contributed by atoms with Gasteiger partial charge in [-0.05, 0) is 0 Å². The number of thioether (sulfide) groups is 1. The third kappa shape index (κ3) is 2.34. The van der Waals surface area contributed by atoms with Crippen LogP contribution >= 0.6 is 11.8 Å². The molecule has 1 atom stereocenters. The van der Waals surface area contributed by atoms with Crippen LogP contribution in [0.3, 0.4) is 0 Å². The molecule has 0 aliphatic carbocycles. The summed E-state index contributed by atoms with van der Waals surface area (Å²) in [5, 5.41) is 9.84. The molecule has 96 valence electrons. The van der Waals surface area contributed by atoms with Crippen LogP contribution < -0.4 is 5.43 Å². The SMILES string of the molecule is O=c1cc(CSC2=NC=NC3=NC=NC32)occ1O. The lowest BCUT2D eigenvalue weighted by Crippen LogP contribution is -2.25. The largest absolute Gasteiger partial charge is 0.502 e. The predicted molar refractivity (Wildman–Crippen MR) is 73.6 cm³/mol. The molecule has 0 amide bonds. The fraction of sp³-hybridized carbons (Fsp3) is 0.182. The summed E-state index contributed by atoms with van der Waals surface area (Å²) in [5.74, 6) is 1.09. The molecule has 0 aromatic carbocycles. The molecule has 2 aliphatic heterocycles. The zero-order valence-corrected chi connectivity index (χ0v) is 10.4. The molecule has 3 rings (SSSR count). The second-order valence-electron chi connectivity index (χ2n) is 3.75. The summed E-state index contributed by atoms with van der Waals surface area (Å²) >= 11 is 1.39. The van der Waals surface area contributed by atoms with Gasteiger partial charge < -0.3 is 9.52 Å². The van der Waals surface area contributed by atoms with Crippen LogP contribution in [0.1, 0.15) is 5.76 Å². The van der Waals surface area contributed by atoms with Crippen LogP contribution in [0.25, 0.3) is 0 Å². The number of fused-ring (bicyclic) bond motifs is 1. The van der Waals surface area contributed by atoms with Crippen LogP contribution in [-0.4, -0.2) is 34.7 Å². The maximum atomic E-state index is 11.3. The molecule has 1 N–H and O–H groups in total. The zero-order chi connectivity index (χ0) is 13.2. The Hall–Kier alpha value is -2.22. The van der Waals surface area contributed by atoms with E-state index in [0.717, 1.165) is 11.3 Å². The highest BCUT2D eigenvalue weighted by molar-refractivity contribution is 8.13. The Morgan fingerprint density at radius 1 is 1.37 bits per heavy atom. The molecule has 1 unspecified atom stereocenters. The first-order valence-electron chi connectivity index (χ1n) is 5.37. The van der Waals surface area contributed by atoms with E-state index in [1.54, 1.807) is 0 Å². The first kappa shape index (κ1) is 11.8. The van der Waals surface area contributed by atoms with Crippen molar-refractivity contribution in [3.8, 4) is 5.75 Å². The molecule has 8 heteroatoms. The third-order valence-electron chi connectivity index (χ3n) is 2.49. The highest BCUT2D eigenvalue weighted by atomic mass is 32.2. The van der Waals surface area contributed by atoms with Gasteiger partial charge in [-0.1, -0.05) is 11.8 Å². The Balaban J connectivity index is 1.72.